The number of carboxylic acid groups (broad SMARTS) is 1. The highest BCUT2D eigenvalue weighted by Crippen LogP contribution is 2.38. The van der Waals surface area contributed by atoms with E-state index in [2.05, 4.69) is 5.32 Å². The molecular weight excluding hydrogens is 258 g/mol. The summed E-state index contributed by atoms with van der Waals surface area (Å²) in [5, 5.41) is 11.6. The fourth-order valence-corrected chi connectivity index (χ4v) is 2.31. The van der Waals surface area contributed by atoms with E-state index in [-0.39, 0.29) is 11.8 Å². The summed E-state index contributed by atoms with van der Waals surface area (Å²) in [6.07, 6.45) is 1.12. The first-order valence-corrected chi connectivity index (χ1v) is 6.67. The normalized spacial score (nSPS) is 20.3. The third-order valence-electron chi connectivity index (χ3n) is 3.57. The van der Waals surface area contributed by atoms with Gasteiger partial charge in [-0.05, 0) is 31.4 Å². The highest BCUT2D eigenvalue weighted by molar-refractivity contribution is 5.89. The van der Waals surface area contributed by atoms with Crippen LogP contribution in [0.15, 0.2) is 18.2 Å². The Balaban J connectivity index is 1.83. The minimum atomic E-state index is -0.884. The van der Waals surface area contributed by atoms with Crippen LogP contribution < -0.4 is 10.1 Å². The van der Waals surface area contributed by atoms with Gasteiger partial charge in [0.15, 0.2) is 0 Å². The van der Waals surface area contributed by atoms with Crippen LogP contribution in [0, 0.1) is 18.8 Å². The number of hydrogen-bond acceptors (Lipinski definition) is 3. The monoisotopic (exact) mass is 277 g/mol. The Morgan fingerprint density at radius 2 is 2.15 bits per heavy atom. The van der Waals surface area contributed by atoms with Crippen molar-refractivity contribution >= 4 is 11.9 Å². The maximum Gasteiger partial charge on any atom is 0.307 e. The van der Waals surface area contributed by atoms with E-state index in [4.69, 9.17) is 9.84 Å². The van der Waals surface area contributed by atoms with Gasteiger partial charge < -0.3 is 15.2 Å². The van der Waals surface area contributed by atoms with Crippen molar-refractivity contribution in [1.82, 2.24) is 5.32 Å². The molecule has 1 aromatic carbocycles. The first kappa shape index (κ1) is 14.4. The number of aryl methyl sites for hydroxylation is 1. The molecular formula is C15H19NO4. The second-order valence-corrected chi connectivity index (χ2v) is 5.14. The Bertz CT molecular complexity index is 527. The summed E-state index contributed by atoms with van der Waals surface area (Å²) in [4.78, 5) is 22.4. The fraction of sp³-hybridized carbons (Fsp3) is 0.467. The van der Waals surface area contributed by atoms with E-state index in [1.54, 1.807) is 7.11 Å². The highest BCUT2D eigenvalue weighted by Gasteiger charge is 2.48. The SMILES string of the molecule is COc1ccc(C)cc1CCNC(=O)[C@@H]1C[C@H]1C(=O)O. The summed E-state index contributed by atoms with van der Waals surface area (Å²) < 4.78 is 5.28. The lowest BCUT2D eigenvalue weighted by atomic mass is 10.1. The molecule has 1 saturated carbocycles. The van der Waals surface area contributed by atoms with Crippen molar-refractivity contribution in [2.24, 2.45) is 11.8 Å². The maximum atomic E-state index is 11.7. The van der Waals surface area contributed by atoms with Gasteiger partial charge in [-0.1, -0.05) is 17.7 Å². The molecule has 108 valence electrons. The molecule has 1 amide bonds. The van der Waals surface area contributed by atoms with Crippen molar-refractivity contribution in [3.63, 3.8) is 0 Å². The molecule has 0 heterocycles. The van der Waals surface area contributed by atoms with E-state index in [0.717, 1.165) is 16.9 Å². The largest absolute Gasteiger partial charge is 0.496 e. The second kappa shape index (κ2) is 5.94. The van der Waals surface area contributed by atoms with E-state index in [9.17, 15) is 9.59 Å². The van der Waals surface area contributed by atoms with Crippen LogP contribution in [0.1, 0.15) is 17.5 Å². The molecule has 5 heteroatoms. The lowest BCUT2D eigenvalue weighted by molar-refractivity contribution is -0.140. The molecule has 20 heavy (non-hydrogen) atoms. The first-order chi connectivity index (χ1) is 9.52. The van der Waals surface area contributed by atoms with Crippen LogP contribution in [-0.2, 0) is 16.0 Å². The Kier molecular flexibility index (Phi) is 4.27. The number of ether oxygens (including phenoxy) is 1. The number of carbonyl (C=O) groups is 2. The van der Waals surface area contributed by atoms with Gasteiger partial charge in [-0.3, -0.25) is 9.59 Å². The number of methoxy groups -OCH3 is 1. The number of carbonyl (C=O) groups excluding carboxylic acids is 1. The number of hydrogen-bond donors (Lipinski definition) is 2. The molecule has 1 aromatic rings. The predicted molar refractivity (Wildman–Crippen MR) is 73.7 cm³/mol. The van der Waals surface area contributed by atoms with Crippen LogP contribution in [0.4, 0.5) is 0 Å². The minimum Gasteiger partial charge on any atom is -0.496 e. The van der Waals surface area contributed by atoms with Crippen molar-refractivity contribution in [2.75, 3.05) is 13.7 Å². The summed E-state index contributed by atoms with van der Waals surface area (Å²) in [6, 6.07) is 5.92. The lowest BCUT2D eigenvalue weighted by Gasteiger charge is -2.10. The zero-order valence-corrected chi connectivity index (χ0v) is 11.7. The molecule has 1 fully saturated rings. The van der Waals surface area contributed by atoms with E-state index in [1.807, 2.05) is 25.1 Å². The van der Waals surface area contributed by atoms with Crippen LogP contribution in [-0.4, -0.2) is 30.6 Å². The molecule has 2 rings (SSSR count). The molecule has 1 aliphatic carbocycles. The molecule has 0 radical (unpaired) electrons. The van der Waals surface area contributed by atoms with E-state index < -0.39 is 11.9 Å². The molecule has 2 N–H and O–H groups in total. The second-order valence-electron chi connectivity index (χ2n) is 5.14. The van der Waals surface area contributed by atoms with Gasteiger partial charge in [0, 0.05) is 6.54 Å². The average molecular weight is 277 g/mol. The molecule has 0 bridgehead atoms. The number of aliphatic carboxylic acids is 1. The minimum absolute atomic E-state index is 0.163. The zero-order valence-electron chi connectivity index (χ0n) is 11.7. The topological polar surface area (TPSA) is 75.6 Å². The van der Waals surface area contributed by atoms with Gasteiger partial charge in [-0.15, -0.1) is 0 Å². The van der Waals surface area contributed by atoms with Gasteiger partial charge in [0.2, 0.25) is 5.91 Å². The number of nitrogens with one attached hydrogen (secondary N) is 1. The Hall–Kier alpha value is -2.04. The van der Waals surface area contributed by atoms with Gasteiger partial charge >= 0.3 is 5.97 Å². The maximum absolute atomic E-state index is 11.7. The van der Waals surface area contributed by atoms with Crippen molar-refractivity contribution < 1.29 is 19.4 Å². The Morgan fingerprint density at radius 3 is 2.75 bits per heavy atom. The molecule has 1 aliphatic rings. The third kappa shape index (κ3) is 3.29. The van der Waals surface area contributed by atoms with Gasteiger partial charge in [-0.2, -0.15) is 0 Å². The summed E-state index contributed by atoms with van der Waals surface area (Å²) in [5.74, 6) is -1.09. The van der Waals surface area contributed by atoms with Crippen LogP contribution in [0.25, 0.3) is 0 Å². The van der Waals surface area contributed by atoms with Gasteiger partial charge in [0.05, 0.1) is 18.9 Å². The summed E-state index contributed by atoms with van der Waals surface area (Å²) >= 11 is 0. The third-order valence-corrected chi connectivity index (χ3v) is 3.57. The quantitative estimate of drug-likeness (QED) is 0.823. The highest BCUT2D eigenvalue weighted by atomic mass is 16.5. The number of rotatable bonds is 6. The molecule has 5 nitrogen and oxygen atoms in total. The van der Waals surface area contributed by atoms with Crippen LogP contribution >= 0.6 is 0 Å². The van der Waals surface area contributed by atoms with Crippen LogP contribution in [0.3, 0.4) is 0 Å². The molecule has 2 atom stereocenters. The molecule has 0 aromatic heterocycles. The predicted octanol–water partition coefficient (Wildman–Crippen LogP) is 1.38. The van der Waals surface area contributed by atoms with Crippen molar-refractivity contribution in [3.05, 3.63) is 29.3 Å². The van der Waals surface area contributed by atoms with E-state index in [0.29, 0.717) is 19.4 Å². The average Bonchev–Trinajstić information content (AvgIpc) is 3.19. The molecule has 0 spiro atoms. The summed E-state index contributed by atoms with van der Waals surface area (Å²) in [5.41, 5.74) is 2.18. The van der Waals surface area contributed by atoms with Crippen LogP contribution in [0.2, 0.25) is 0 Å². The fourth-order valence-electron chi connectivity index (χ4n) is 2.31. The van der Waals surface area contributed by atoms with Crippen molar-refractivity contribution in [1.29, 1.82) is 0 Å². The number of benzene rings is 1. The summed E-state index contributed by atoms with van der Waals surface area (Å²) in [6.45, 7) is 2.49. The van der Waals surface area contributed by atoms with Gasteiger partial charge in [0.25, 0.3) is 0 Å². The van der Waals surface area contributed by atoms with Gasteiger partial charge in [-0.25, -0.2) is 0 Å². The standard InChI is InChI=1S/C15H19NO4/c1-9-3-4-13(20-2)10(7-9)5-6-16-14(17)11-8-12(11)15(18)19/h3-4,7,11-12H,5-6,8H2,1-2H3,(H,16,17)(H,18,19)/t11-,12-/m1/s1. The smallest absolute Gasteiger partial charge is 0.307 e. The van der Waals surface area contributed by atoms with Crippen LogP contribution in [0.5, 0.6) is 5.75 Å². The van der Waals surface area contributed by atoms with Crippen molar-refractivity contribution in [3.8, 4) is 5.75 Å². The number of carboxylic acids is 1. The van der Waals surface area contributed by atoms with Gasteiger partial charge in [0.1, 0.15) is 5.75 Å². The zero-order chi connectivity index (χ0) is 14.7. The number of amides is 1. The molecule has 0 saturated heterocycles. The summed E-state index contributed by atoms with van der Waals surface area (Å²) in [7, 11) is 1.62. The van der Waals surface area contributed by atoms with E-state index in [1.165, 1.54) is 0 Å². The molecule has 0 aliphatic heterocycles. The Labute approximate surface area is 117 Å². The lowest BCUT2D eigenvalue weighted by Crippen LogP contribution is -2.28. The molecule has 0 unspecified atom stereocenters. The Morgan fingerprint density at radius 1 is 1.40 bits per heavy atom. The van der Waals surface area contributed by atoms with Crippen molar-refractivity contribution in [2.45, 2.75) is 19.8 Å². The first-order valence-electron chi connectivity index (χ1n) is 6.67. The van der Waals surface area contributed by atoms with E-state index >= 15 is 0 Å².